The Labute approximate surface area is 170 Å². The minimum Gasteiger partial charge on any atom is -0.372 e. The minimum absolute atomic E-state index is 0.0462. The summed E-state index contributed by atoms with van der Waals surface area (Å²) >= 11 is 0. The van der Waals surface area contributed by atoms with E-state index < -0.39 is 0 Å². The van der Waals surface area contributed by atoms with Crippen molar-refractivity contribution in [3.05, 3.63) is 36.1 Å². The summed E-state index contributed by atoms with van der Waals surface area (Å²) < 4.78 is 4.97. The van der Waals surface area contributed by atoms with Crippen molar-refractivity contribution in [1.82, 2.24) is 5.16 Å². The van der Waals surface area contributed by atoms with Crippen LogP contribution in [0.25, 0.3) is 0 Å². The van der Waals surface area contributed by atoms with Crippen LogP contribution in [-0.2, 0) is 9.59 Å². The number of carbonyl (C=O) groups excluding carboxylic acids is 2. The molecule has 4 rings (SSSR count). The highest BCUT2D eigenvalue weighted by Gasteiger charge is 2.30. The molecule has 1 saturated heterocycles. The van der Waals surface area contributed by atoms with Crippen LogP contribution in [0.15, 0.2) is 34.9 Å². The van der Waals surface area contributed by atoms with Crippen molar-refractivity contribution in [2.75, 3.05) is 28.6 Å². The molecule has 154 valence electrons. The Balaban J connectivity index is 1.25. The monoisotopic (exact) mass is 396 g/mol. The van der Waals surface area contributed by atoms with E-state index >= 15 is 0 Å². The smallest absolute Gasteiger partial charge is 0.228 e. The standard InChI is InChI=1S/C22H28N4O3/c1-15-14-20(25-29-15)24-22(28)17-6-4-16(5-7-17)21(27)23-18-8-10-19(11-9-18)26-12-2-3-13-26/h8-11,14,16-17H,2-7,12-13H2,1H3,(H,23,27)(H,24,25,28). The van der Waals surface area contributed by atoms with Gasteiger partial charge in [0.25, 0.3) is 0 Å². The number of anilines is 3. The molecule has 29 heavy (non-hydrogen) atoms. The summed E-state index contributed by atoms with van der Waals surface area (Å²) in [5.74, 6) is 0.973. The molecule has 2 aromatic rings. The van der Waals surface area contributed by atoms with E-state index in [9.17, 15) is 9.59 Å². The van der Waals surface area contributed by atoms with Crippen LogP contribution in [0.2, 0.25) is 0 Å². The third kappa shape index (κ3) is 4.78. The third-order valence-corrected chi connectivity index (χ3v) is 5.95. The lowest BCUT2D eigenvalue weighted by Crippen LogP contribution is -2.32. The Kier molecular flexibility index (Phi) is 5.83. The molecule has 1 saturated carbocycles. The SMILES string of the molecule is Cc1cc(NC(=O)C2CCC(C(=O)Nc3ccc(N4CCCC4)cc3)CC2)no1. The van der Waals surface area contributed by atoms with E-state index in [4.69, 9.17) is 4.52 Å². The molecule has 1 aromatic carbocycles. The van der Waals surface area contributed by atoms with E-state index in [1.807, 2.05) is 12.1 Å². The average molecular weight is 396 g/mol. The zero-order valence-corrected chi connectivity index (χ0v) is 16.8. The van der Waals surface area contributed by atoms with Gasteiger partial charge in [0.1, 0.15) is 5.76 Å². The fraction of sp³-hybridized carbons (Fsp3) is 0.500. The molecule has 2 N–H and O–H groups in total. The number of hydrogen-bond donors (Lipinski definition) is 2. The Morgan fingerprint density at radius 1 is 0.966 bits per heavy atom. The van der Waals surface area contributed by atoms with Gasteiger partial charge in [-0.1, -0.05) is 5.16 Å². The van der Waals surface area contributed by atoms with Gasteiger partial charge in [-0.2, -0.15) is 0 Å². The Hall–Kier alpha value is -2.83. The number of amides is 2. The van der Waals surface area contributed by atoms with Gasteiger partial charge in [0.2, 0.25) is 11.8 Å². The van der Waals surface area contributed by atoms with Gasteiger partial charge in [-0.05, 0) is 69.7 Å². The number of hydrogen-bond acceptors (Lipinski definition) is 5. The summed E-state index contributed by atoms with van der Waals surface area (Å²) in [6.07, 6.45) is 5.33. The normalized spacial score (nSPS) is 21.8. The second kappa shape index (κ2) is 8.68. The molecule has 1 aliphatic carbocycles. The molecule has 0 unspecified atom stereocenters. The lowest BCUT2D eigenvalue weighted by molar-refractivity contribution is -0.125. The maximum absolute atomic E-state index is 12.6. The summed E-state index contributed by atoms with van der Waals surface area (Å²) in [5.41, 5.74) is 2.05. The summed E-state index contributed by atoms with van der Waals surface area (Å²) in [7, 11) is 0. The summed E-state index contributed by atoms with van der Waals surface area (Å²) in [4.78, 5) is 27.4. The number of aromatic nitrogens is 1. The molecule has 2 aliphatic rings. The van der Waals surface area contributed by atoms with Crippen molar-refractivity contribution in [2.24, 2.45) is 11.8 Å². The lowest BCUT2D eigenvalue weighted by atomic mass is 9.81. The molecule has 0 bridgehead atoms. The first-order valence-corrected chi connectivity index (χ1v) is 10.5. The zero-order valence-electron chi connectivity index (χ0n) is 16.8. The molecular weight excluding hydrogens is 368 g/mol. The van der Waals surface area contributed by atoms with Gasteiger partial charge in [-0.3, -0.25) is 9.59 Å². The van der Waals surface area contributed by atoms with Gasteiger partial charge in [-0.15, -0.1) is 0 Å². The van der Waals surface area contributed by atoms with E-state index in [0.29, 0.717) is 37.3 Å². The Morgan fingerprint density at radius 3 is 2.10 bits per heavy atom. The van der Waals surface area contributed by atoms with E-state index in [0.717, 1.165) is 18.8 Å². The maximum atomic E-state index is 12.6. The van der Waals surface area contributed by atoms with Crippen LogP contribution in [0.4, 0.5) is 17.2 Å². The van der Waals surface area contributed by atoms with Crippen LogP contribution < -0.4 is 15.5 Å². The lowest BCUT2D eigenvalue weighted by Gasteiger charge is -2.26. The molecule has 7 nitrogen and oxygen atoms in total. The highest BCUT2D eigenvalue weighted by molar-refractivity contribution is 5.94. The van der Waals surface area contributed by atoms with Gasteiger partial charge in [0.15, 0.2) is 5.82 Å². The topological polar surface area (TPSA) is 87.5 Å². The molecule has 1 aromatic heterocycles. The van der Waals surface area contributed by atoms with Crippen LogP contribution in [0, 0.1) is 18.8 Å². The van der Waals surface area contributed by atoms with Crippen molar-refractivity contribution < 1.29 is 14.1 Å². The van der Waals surface area contributed by atoms with Crippen molar-refractivity contribution in [2.45, 2.75) is 45.4 Å². The number of aryl methyl sites for hydroxylation is 1. The van der Waals surface area contributed by atoms with Gasteiger partial charge in [0.05, 0.1) is 0 Å². The first-order chi connectivity index (χ1) is 14.1. The van der Waals surface area contributed by atoms with E-state index in [1.54, 1.807) is 13.0 Å². The maximum Gasteiger partial charge on any atom is 0.228 e. The summed E-state index contributed by atoms with van der Waals surface area (Å²) in [5, 5.41) is 9.63. The largest absolute Gasteiger partial charge is 0.372 e. The number of benzene rings is 1. The van der Waals surface area contributed by atoms with Crippen LogP contribution >= 0.6 is 0 Å². The highest BCUT2D eigenvalue weighted by Crippen LogP contribution is 2.31. The van der Waals surface area contributed by atoms with E-state index in [1.165, 1.54) is 18.5 Å². The van der Waals surface area contributed by atoms with Crippen LogP contribution in [0.1, 0.15) is 44.3 Å². The van der Waals surface area contributed by atoms with Crippen LogP contribution in [0.5, 0.6) is 0 Å². The molecule has 0 spiro atoms. The van der Waals surface area contributed by atoms with Crippen molar-refractivity contribution in [1.29, 1.82) is 0 Å². The zero-order chi connectivity index (χ0) is 20.2. The summed E-state index contributed by atoms with van der Waals surface area (Å²) in [6, 6.07) is 9.81. The number of carbonyl (C=O) groups is 2. The Morgan fingerprint density at radius 2 is 1.55 bits per heavy atom. The fourth-order valence-corrected chi connectivity index (χ4v) is 4.25. The molecule has 7 heteroatoms. The van der Waals surface area contributed by atoms with Crippen LogP contribution in [-0.4, -0.2) is 30.1 Å². The van der Waals surface area contributed by atoms with Crippen molar-refractivity contribution in [3.8, 4) is 0 Å². The second-order valence-corrected chi connectivity index (χ2v) is 8.09. The number of nitrogens with zero attached hydrogens (tertiary/aromatic N) is 2. The molecule has 1 aliphatic heterocycles. The average Bonchev–Trinajstić information content (AvgIpc) is 3.41. The molecule has 2 fully saturated rings. The van der Waals surface area contributed by atoms with Crippen molar-refractivity contribution in [3.63, 3.8) is 0 Å². The van der Waals surface area contributed by atoms with Crippen LogP contribution in [0.3, 0.4) is 0 Å². The Bertz CT molecular complexity index is 847. The van der Waals surface area contributed by atoms with Gasteiger partial charge < -0.3 is 20.1 Å². The molecule has 0 radical (unpaired) electrons. The summed E-state index contributed by atoms with van der Waals surface area (Å²) in [6.45, 7) is 4.00. The quantitative estimate of drug-likeness (QED) is 0.799. The highest BCUT2D eigenvalue weighted by atomic mass is 16.5. The van der Waals surface area contributed by atoms with E-state index in [-0.39, 0.29) is 23.7 Å². The second-order valence-electron chi connectivity index (χ2n) is 8.09. The number of rotatable bonds is 5. The van der Waals surface area contributed by atoms with Gasteiger partial charge >= 0.3 is 0 Å². The van der Waals surface area contributed by atoms with Crippen molar-refractivity contribution >= 4 is 29.0 Å². The van der Waals surface area contributed by atoms with Gasteiger partial charge in [0, 0.05) is 42.4 Å². The molecule has 0 atom stereocenters. The fourth-order valence-electron chi connectivity index (χ4n) is 4.25. The predicted molar refractivity (Wildman–Crippen MR) is 112 cm³/mol. The first-order valence-electron chi connectivity index (χ1n) is 10.5. The molecular formula is C22H28N4O3. The minimum atomic E-state index is -0.0872. The molecule has 2 heterocycles. The first kappa shape index (κ1) is 19.5. The number of nitrogens with one attached hydrogen (secondary N) is 2. The third-order valence-electron chi connectivity index (χ3n) is 5.95. The molecule has 2 amide bonds. The van der Waals surface area contributed by atoms with Gasteiger partial charge in [-0.25, -0.2) is 0 Å². The predicted octanol–water partition coefficient (Wildman–Crippen LogP) is 3.97. The van der Waals surface area contributed by atoms with E-state index in [2.05, 4.69) is 32.8 Å².